The van der Waals surface area contributed by atoms with Crippen LogP contribution in [-0.2, 0) is 10.0 Å². The molecule has 0 fully saturated rings. The van der Waals surface area contributed by atoms with Crippen molar-refractivity contribution in [3.8, 4) is 11.1 Å². The number of anilines is 1. The van der Waals surface area contributed by atoms with Crippen molar-refractivity contribution < 1.29 is 8.42 Å². The van der Waals surface area contributed by atoms with Crippen molar-refractivity contribution in [1.29, 1.82) is 0 Å². The number of aromatic nitrogens is 1. The van der Waals surface area contributed by atoms with Gasteiger partial charge in [-0.15, -0.1) is 0 Å². The first-order valence-corrected chi connectivity index (χ1v) is 8.57. The van der Waals surface area contributed by atoms with Crippen molar-refractivity contribution in [1.82, 2.24) is 4.98 Å². The molecule has 0 amide bonds. The van der Waals surface area contributed by atoms with E-state index in [4.69, 9.17) is 0 Å². The van der Waals surface area contributed by atoms with Gasteiger partial charge in [-0.25, -0.2) is 8.42 Å². The lowest BCUT2D eigenvalue weighted by Gasteiger charge is -2.19. The predicted molar refractivity (Wildman–Crippen MR) is 91.7 cm³/mol. The molecule has 23 heavy (non-hydrogen) atoms. The smallest absolute Gasteiger partial charge is 0.264 e. The minimum Gasteiger partial charge on any atom is -0.269 e. The zero-order valence-electron chi connectivity index (χ0n) is 12.6. The second-order valence-electron chi connectivity index (χ2n) is 5.07. The number of hydrogen-bond donors (Lipinski definition) is 0. The topological polar surface area (TPSA) is 50.3 Å². The van der Waals surface area contributed by atoms with Crippen LogP contribution in [0.1, 0.15) is 0 Å². The van der Waals surface area contributed by atoms with Crippen molar-refractivity contribution in [2.75, 3.05) is 11.4 Å². The summed E-state index contributed by atoms with van der Waals surface area (Å²) in [4.78, 5) is 4.33. The summed E-state index contributed by atoms with van der Waals surface area (Å²) in [5.41, 5.74) is 2.51. The minimum atomic E-state index is -3.57. The third kappa shape index (κ3) is 3.10. The number of nitrogens with zero attached hydrogens (tertiary/aromatic N) is 2. The third-order valence-corrected chi connectivity index (χ3v) is 5.43. The van der Waals surface area contributed by atoms with Crippen molar-refractivity contribution in [2.24, 2.45) is 0 Å². The van der Waals surface area contributed by atoms with Gasteiger partial charge in [-0.05, 0) is 41.5 Å². The standard InChI is InChI=1S/C18H16N2O2S/c1-20(17-7-3-2-4-8-17)23(21,22)18-11-9-15(10-12-18)16-6-5-13-19-14-16/h2-14H,1H3. The number of rotatable bonds is 4. The lowest BCUT2D eigenvalue weighted by molar-refractivity contribution is 0.594. The quantitative estimate of drug-likeness (QED) is 0.737. The number of hydrogen-bond acceptors (Lipinski definition) is 3. The van der Waals surface area contributed by atoms with Gasteiger partial charge in [-0.3, -0.25) is 9.29 Å². The molecule has 0 saturated carbocycles. The molecular formula is C18H16N2O2S. The van der Waals surface area contributed by atoms with Gasteiger partial charge in [0, 0.05) is 19.4 Å². The van der Waals surface area contributed by atoms with Crippen LogP contribution in [-0.4, -0.2) is 20.4 Å². The molecule has 0 spiro atoms. The maximum Gasteiger partial charge on any atom is 0.264 e. The molecule has 0 aliphatic heterocycles. The second-order valence-corrected chi connectivity index (χ2v) is 7.04. The molecule has 1 heterocycles. The lowest BCUT2D eigenvalue weighted by Crippen LogP contribution is -2.26. The largest absolute Gasteiger partial charge is 0.269 e. The van der Waals surface area contributed by atoms with Crippen molar-refractivity contribution in [3.63, 3.8) is 0 Å². The molecule has 2 aromatic carbocycles. The zero-order chi connectivity index (χ0) is 16.3. The Balaban J connectivity index is 1.92. The molecule has 3 aromatic rings. The minimum absolute atomic E-state index is 0.261. The molecule has 0 atom stereocenters. The monoisotopic (exact) mass is 324 g/mol. The van der Waals surface area contributed by atoms with Gasteiger partial charge >= 0.3 is 0 Å². The summed E-state index contributed by atoms with van der Waals surface area (Å²) in [6.45, 7) is 0. The van der Waals surface area contributed by atoms with E-state index in [1.165, 1.54) is 4.31 Å². The summed E-state index contributed by atoms with van der Waals surface area (Å²) in [7, 11) is -2.02. The fourth-order valence-electron chi connectivity index (χ4n) is 2.29. The Bertz CT molecular complexity index is 877. The Kier molecular flexibility index (Phi) is 4.12. The summed E-state index contributed by atoms with van der Waals surface area (Å²) < 4.78 is 26.7. The summed E-state index contributed by atoms with van der Waals surface area (Å²) in [6, 6.07) is 19.6. The summed E-state index contributed by atoms with van der Waals surface area (Å²) in [5.74, 6) is 0. The van der Waals surface area contributed by atoms with E-state index < -0.39 is 10.0 Å². The van der Waals surface area contributed by atoms with Gasteiger partial charge in [0.2, 0.25) is 0 Å². The molecule has 4 nitrogen and oxygen atoms in total. The highest BCUT2D eigenvalue weighted by Gasteiger charge is 2.20. The summed E-state index contributed by atoms with van der Waals surface area (Å²) in [6.07, 6.45) is 3.46. The van der Waals surface area contributed by atoms with Crippen molar-refractivity contribution in [2.45, 2.75) is 4.90 Å². The van der Waals surface area contributed by atoms with Crippen LogP contribution in [0.15, 0.2) is 84.0 Å². The third-order valence-electron chi connectivity index (χ3n) is 3.63. The molecule has 0 saturated heterocycles. The number of pyridine rings is 1. The van der Waals surface area contributed by atoms with E-state index >= 15 is 0 Å². The average Bonchev–Trinajstić information content (AvgIpc) is 2.62. The molecule has 3 rings (SSSR count). The molecule has 1 aromatic heterocycles. The molecule has 0 bridgehead atoms. The van der Waals surface area contributed by atoms with E-state index in [1.807, 2.05) is 30.3 Å². The Labute approximate surface area is 136 Å². The molecular weight excluding hydrogens is 308 g/mol. The maximum atomic E-state index is 12.7. The molecule has 0 radical (unpaired) electrons. The number of para-hydroxylation sites is 1. The van der Waals surface area contributed by atoms with Crippen LogP contribution in [0.5, 0.6) is 0 Å². The molecule has 5 heteroatoms. The average molecular weight is 324 g/mol. The van der Waals surface area contributed by atoms with E-state index in [9.17, 15) is 8.42 Å². The van der Waals surface area contributed by atoms with Gasteiger partial charge in [-0.1, -0.05) is 36.4 Å². The highest BCUT2D eigenvalue weighted by Crippen LogP contribution is 2.24. The lowest BCUT2D eigenvalue weighted by atomic mass is 10.1. The van der Waals surface area contributed by atoms with Gasteiger partial charge < -0.3 is 0 Å². The van der Waals surface area contributed by atoms with Crippen molar-refractivity contribution >= 4 is 15.7 Å². The summed E-state index contributed by atoms with van der Waals surface area (Å²) >= 11 is 0. The molecule has 116 valence electrons. The van der Waals surface area contributed by atoms with E-state index in [2.05, 4.69) is 4.98 Å². The highest BCUT2D eigenvalue weighted by atomic mass is 32.2. The second kappa shape index (κ2) is 6.22. The fourth-order valence-corrected chi connectivity index (χ4v) is 3.48. The Morgan fingerprint density at radius 2 is 1.52 bits per heavy atom. The van der Waals surface area contributed by atoms with Gasteiger partial charge in [0.1, 0.15) is 0 Å². The Morgan fingerprint density at radius 3 is 2.13 bits per heavy atom. The van der Waals surface area contributed by atoms with Crippen molar-refractivity contribution in [3.05, 3.63) is 79.1 Å². The Morgan fingerprint density at radius 1 is 0.826 bits per heavy atom. The zero-order valence-corrected chi connectivity index (χ0v) is 13.4. The predicted octanol–water partition coefficient (Wildman–Crippen LogP) is 3.57. The normalized spacial score (nSPS) is 11.2. The molecule has 0 unspecified atom stereocenters. The van der Waals surface area contributed by atoms with E-state index in [-0.39, 0.29) is 4.90 Å². The number of sulfonamides is 1. The molecule has 0 N–H and O–H groups in total. The van der Waals surface area contributed by atoms with Crippen LogP contribution in [0.4, 0.5) is 5.69 Å². The first-order chi connectivity index (χ1) is 11.1. The van der Waals surface area contributed by atoms with E-state index in [0.717, 1.165) is 11.1 Å². The van der Waals surface area contributed by atoms with E-state index in [0.29, 0.717) is 5.69 Å². The fraction of sp³-hybridized carbons (Fsp3) is 0.0556. The highest BCUT2D eigenvalue weighted by molar-refractivity contribution is 7.92. The van der Waals surface area contributed by atoms with E-state index in [1.54, 1.807) is 55.8 Å². The number of benzene rings is 2. The molecule has 0 aliphatic rings. The Hall–Kier alpha value is -2.66. The van der Waals surface area contributed by atoms with Crippen LogP contribution in [0.2, 0.25) is 0 Å². The van der Waals surface area contributed by atoms with Crippen LogP contribution in [0.3, 0.4) is 0 Å². The van der Waals surface area contributed by atoms with Crippen LogP contribution < -0.4 is 4.31 Å². The van der Waals surface area contributed by atoms with Crippen LogP contribution in [0.25, 0.3) is 11.1 Å². The first-order valence-electron chi connectivity index (χ1n) is 7.13. The van der Waals surface area contributed by atoms with Gasteiger partial charge in [-0.2, -0.15) is 0 Å². The van der Waals surface area contributed by atoms with Crippen LogP contribution in [0, 0.1) is 0 Å². The van der Waals surface area contributed by atoms with Crippen LogP contribution >= 0.6 is 0 Å². The maximum absolute atomic E-state index is 12.7. The first kappa shape index (κ1) is 15.2. The van der Waals surface area contributed by atoms with Gasteiger partial charge in [0.05, 0.1) is 10.6 Å². The SMILES string of the molecule is CN(c1ccccc1)S(=O)(=O)c1ccc(-c2cccnc2)cc1. The van der Waals surface area contributed by atoms with Gasteiger partial charge in [0.25, 0.3) is 10.0 Å². The molecule has 0 aliphatic carbocycles. The summed E-state index contributed by atoms with van der Waals surface area (Å²) in [5, 5.41) is 0. The van der Waals surface area contributed by atoms with Gasteiger partial charge in [0.15, 0.2) is 0 Å².